The Labute approximate surface area is 146 Å². The van der Waals surface area contributed by atoms with Crippen molar-refractivity contribution in [1.82, 2.24) is 4.90 Å². The number of benzene rings is 1. The molecule has 0 aliphatic heterocycles. The minimum absolute atomic E-state index is 0.0318. The van der Waals surface area contributed by atoms with Crippen LogP contribution in [-0.2, 0) is 16.0 Å². The molecule has 0 saturated carbocycles. The summed E-state index contributed by atoms with van der Waals surface area (Å²) in [6.07, 6.45) is -0.996. The van der Waals surface area contributed by atoms with Gasteiger partial charge in [-0.1, -0.05) is 13.8 Å². The third-order valence-electron chi connectivity index (χ3n) is 4.28. The lowest BCUT2D eigenvalue weighted by atomic mass is 9.95. The average molecular weight is 353 g/mol. The van der Waals surface area contributed by atoms with Crippen molar-refractivity contribution in [1.29, 1.82) is 0 Å². The maximum atomic E-state index is 12.7. The molecule has 1 heterocycles. The van der Waals surface area contributed by atoms with Gasteiger partial charge in [-0.3, -0.25) is 4.79 Å². The van der Waals surface area contributed by atoms with Gasteiger partial charge < -0.3 is 14.1 Å². The SMILES string of the molecule is COCCN(CC(F)F)C(=O)Cc1coc2cc(C)c(C(C)C)cc12. The van der Waals surface area contributed by atoms with E-state index in [-0.39, 0.29) is 25.5 Å². The third kappa shape index (κ3) is 4.78. The fourth-order valence-electron chi connectivity index (χ4n) is 2.96. The number of aryl methyl sites for hydroxylation is 1. The van der Waals surface area contributed by atoms with Gasteiger partial charge in [0.15, 0.2) is 0 Å². The zero-order chi connectivity index (χ0) is 18.6. The lowest BCUT2D eigenvalue weighted by molar-refractivity contribution is -0.133. The smallest absolute Gasteiger partial charge is 0.255 e. The van der Waals surface area contributed by atoms with E-state index in [0.29, 0.717) is 11.5 Å². The predicted molar refractivity (Wildman–Crippen MR) is 93.2 cm³/mol. The highest BCUT2D eigenvalue weighted by Crippen LogP contribution is 2.29. The molecule has 138 valence electrons. The van der Waals surface area contributed by atoms with Gasteiger partial charge in [0.1, 0.15) is 5.58 Å². The molecule has 0 spiro atoms. The first kappa shape index (κ1) is 19.4. The van der Waals surface area contributed by atoms with Crippen LogP contribution in [0.15, 0.2) is 22.8 Å². The van der Waals surface area contributed by atoms with E-state index in [4.69, 9.17) is 9.15 Å². The predicted octanol–water partition coefficient (Wildman–Crippen LogP) is 4.15. The van der Waals surface area contributed by atoms with Crippen LogP contribution in [0.25, 0.3) is 11.0 Å². The second-order valence-electron chi connectivity index (χ2n) is 6.52. The number of nitrogens with zero attached hydrogens (tertiary/aromatic N) is 1. The molecule has 0 aliphatic carbocycles. The molecule has 1 amide bonds. The van der Waals surface area contributed by atoms with E-state index < -0.39 is 13.0 Å². The van der Waals surface area contributed by atoms with E-state index in [1.165, 1.54) is 12.7 Å². The van der Waals surface area contributed by atoms with Crippen molar-refractivity contribution in [2.75, 3.05) is 26.8 Å². The number of alkyl halides is 2. The van der Waals surface area contributed by atoms with E-state index in [0.717, 1.165) is 21.4 Å². The zero-order valence-corrected chi connectivity index (χ0v) is 15.1. The maximum absolute atomic E-state index is 12.7. The number of carbonyl (C=O) groups is 1. The van der Waals surface area contributed by atoms with E-state index in [1.807, 2.05) is 19.1 Å². The quantitative estimate of drug-likeness (QED) is 0.716. The highest BCUT2D eigenvalue weighted by molar-refractivity contribution is 5.88. The molecule has 0 radical (unpaired) electrons. The Balaban J connectivity index is 2.25. The Kier molecular flexibility index (Phi) is 6.53. The highest BCUT2D eigenvalue weighted by atomic mass is 19.3. The largest absolute Gasteiger partial charge is 0.464 e. The van der Waals surface area contributed by atoms with Crippen molar-refractivity contribution in [2.45, 2.75) is 39.5 Å². The van der Waals surface area contributed by atoms with E-state index in [1.54, 1.807) is 6.26 Å². The molecule has 2 aromatic rings. The van der Waals surface area contributed by atoms with Crippen LogP contribution in [0.3, 0.4) is 0 Å². The molecular weight excluding hydrogens is 328 g/mol. The van der Waals surface area contributed by atoms with Gasteiger partial charge in [0, 0.05) is 24.6 Å². The van der Waals surface area contributed by atoms with Gasteiger partial charge in [-0.05, 0) is 36.1 Å². The standard InChI is InChI=1S/C19H25F2NO3/c1-12(2)15-9-16-14(11-25-17(16)7-13(15)3)8-19(23)22(5-6-24-4)10-18(20)21/h7,9,11-12,18H,5-6,8,10H2,1-4H3. The van der Waals surface area contributed by atoms with Crippen LogP contribution in [0.4, 0.5) is 8.78 Å². The van der Waals surface area contributed by atoms with Crippen molar-refractivity contribution in [3.8, 4) is 0 Å². The topological polar surface area (TPSA) is 42.7 Å². The Morgan fingerprint density at radius 2 is 2.04 bits per heavy atom. The minimum atomic E-state index is -2.57. The first-order chi connectivity index (χ1) is 11.8. The molecule has 2 rings (SSSR count). The summed E-state index contributed by atoms with van der Waals surface area (Å²) in [5, 5.41) is 0.867. The van der Waals surface area contributed by atoms with E-state index in [9.17, 15) is 13.6 Å². The van der Waals surface area contributed by atoms with Crippen LogP contribution < -0.4 is 0 Å². The van der Waals surface area contributed by atoms with Crippen molar-refractivity contribution in [2.24, 2.45) is 0 Å². The summed E-state index contributed by atoms with van der Waals surface area (Å²) in [4.78, 5) is 13.6. The molecule has 25 heavy (non-hydrogen) atoms. The average Bonchev–Trinajstić information content (AvgIpc) is 2.91. The molecule has 0 bridgehead atoms. The van der Waals surface area contributed by atoms with Gasteiger partial charge in [-0.2, -0.15) is 0 Å². The Bertz CT molecular complexity index is 725. The Morgan fingerprint density at radius 1 is 1.32 bits per heavy atom. The van der Waals surface area contributed by atoms with E-state index >= 15 is 0 Å². The number of carbonyl (C=O) groups excluding carboxylic acids is 1. The molecule has 4 nitrogen and oxygen atoms in total. The molecule has 1 aromatic heterocycles. The first-order valence-electron chi connectivity index (χ1n) is 8.39. The summed E-state index contributed by atoms with van der Waals surface area (Å²) in [6, 6.07) is 3.99. The number of rotatable bonds is 8. The second kappa shape index (κ2) is 8.43. The van der Waals surface area contributed by atoms with Crippen molar-refractivity contribution in [3.63, 3.8) is 0 Å². The van der Waals surface area contributed by atoms with Crippen LogP contribution in [0.5, 0.6) is 0 Å². The second-order valence-corrected chi connectivity index (χ2v) is 6.52. The number of hydrogen-bond donors (Lipinski definition) is 0. The number of fused-ring (bicyclic) bond motifs is 1. The molecule has 0 atom stereocenters. The molecule has 0 unspecified atom stereocenters. The summed E-state index contributed by atoms with van der Waals surface area (Å²) < 4.78 is 35.9. The van der Waals surface area contributed by atoms with Crippen molar-refractivity contribution >= 4 is 16.9 Å². The third-order valence-corrected chi connectivity index (χ3v) is 4.28. The van der Waals surface area contributed by atoms with Gasteiger partial charge in [-0.25, -0.2) is 8.78 Å². The summed E-state index contributed by atoms with van der Waals surface area (Å²) in [6.45, 7) is 6.01. The number of halogens is 2. The number of ether oxygens (including phenoxy) is 1. The van der Waals surface area contributed by atoms with Gasteiger partial charge in [0.25, 0.3) is 6.43 Å². The van der Waals surface area contributed by atoms with E-state index in [2.05, 4.69) is 13.8 Å². The molecule has 0 aliphatic rings. The zero-order valence-electron chi connectivity index (χ0n) is 15.1. The highest BCUT2D eigenvalue weighted by Gasteiger charge is 2.20. The number of furan rings is 1. The first-order valence-corrected chi connectivity index (χ1v) is 8.39. The summed E-state index contributed by atoms with van der Waals surface area (Å²) in [7, 11) is 1.48. The molecule has 1 aromatic carbocycles. The minimum Gasteiger partial charge on any atom is -0.464 e. The normalized spacial score (nSPS) is 11.7. The molecule has 6 heteroatoms. The number of hydrogen-bond acceptors (Lipinski definition) is 3. The van der Waals surface area contributed by atoms with Crippen LogP contribution in [0, 0.1) is 6.92 Å². The summed E-state index contributed by atoms with van der Waals surface area (Å²) in [5.74, 6) is -0.00777. The molecule has 0 saturated heterocycles. The number of methoxy groups -OCH3 is 1. The lowest BCUT2D eigenvalue weighted by Gasteiger charge is -2.21. The monoisotopic (exact) mass is 353 g/mol. The van der Waals surface area contributed by atoms with Gasteiger partial charge in [0.05, 0.1) is 25.8 Å². The molecular formula is C19H25F2NO3. The fraction of sp³-hybridized carbons (Fsp3) is 0.526. The van der Waals surface area contributed by atoms with Gasteiger partial charge in [0.2, 0.25) is 5.91 Å². The summed E-state index contributed by atoms with van der Waals surface area (Å²) in [5.41, 5.74) is 3.75. The molecule has 0 fully saturated rings. The summed E-state index contributed by atoms with van der Waals surface area (Å²) >= 11 is 0. The Hall–Kier alpha value is -1.95. The number of amides is 1. The lowest BCUT2D eigenvalue weighted by Crippen LogP contribution is -2.38. The maximum Gasteiger partial charge on any atom is 0.255 e. The van der Waals surface area contributed by atoms with Gasteiger partial charge in [-0.15, -0.1) is 0 Å². The van der Waals surface area contributed by atoms with Crippen LogP contribution in [-0.4, -0.2) is 44.0 Å². The van der Waals surface area contributed by atoms with Crippen LogP contribution in [0.1, 0.15) is 36.5 Å². The van der Waals surface area contributed by atoms with Crippen molar-refractivity contribution in [3.05, 3.63) is 35.1 Å². The van der Waals surface area contributed by atoms with Crippen LogP contribution >= 0.6 is 0 Å². The van der Waals surface area contributed by atoms with Gasteiger partial charge >= 0.3 is 0 Å². The van der Waals surface area contributed by atoms with Crippen molar-refractivity contribution < 1.29 is 22.7 Å². The van der Waals surface area contributed by atoms with Crippen LogP contribution in [0.2, 0.25) is 0 Å². The fourth-order valence-corrected chi connectivity index (χ4v) is 2.96. The molecule has 0 N–H and O–H groups in total. The Morgan fingerprint density at radius 3 is 2.64 bits per heavy atom.